The van der Waals surface area contributed by atoms with E-state index in [1.165, 1.54) is 0 Å². The van der Waals surface area contributed by atoms with Crippen LogP contribution in [0.25, 0.3) is 0 Å². The summed E-state index contributed by atoms with van der Waals surface area (Å²) in [6, 6.07) is 8.22. The first kappa shape index (κ1) is 15.6. The summed E-state index contributed by atoms with van der Waals surface area (Å²) in [6.45, 7) is 1.73. The van der Waals surface area contributed by atoms with Gasteiger partial charge in [-0.3, -0.25) is 4.79 Å². The first-order valence-electron chi connectivity index (χ1n) is 6.09. The van der Waals surface area contributed by atoms with Gasteiger partial charge in [-0.2, -0.15) is 0 Å². The molecule has 0 spiro atoms. The molecule has 110 valence electrons. The van der Waals surface area contributed by atoms with E-state index in [0.29, 0.717) is 12.1 Å². The highest BCUT2D eigenvalue weighted by Gasteiger charge is 2.17. The molecule has 2 rings (SSSR count). The maximum absolute atomic E-state index is 13.1. The predicted octanol–water partition coefficient (Wildman–Crippen LogP) is 4.36. The Kier molecular flexibility index (Phi) is 4.67. The Hall–Kier alpha value is -1.82. The molecule has 2 aromatic rings. The van der Waals surface area contributed by atoms with Crippen LogP contribution in [0.15, 0.2) is 40.9 Å². The van der Waals surface area contributed by atoms with Crippen molar-refractivity contribution in [1.82, 2.24) is 5.32 Å². The van der Waals surface area contributed by atoms with Crippen LogP contribution in [0.2, 0.25) is 0 Å². The average Bonchev–Trinajstić information content (AvgIpc) is 2.44. The molecule has 2 aromatic carbocycles. The van der Waals surface area contributed by atoms with Gasteiger partial charge in [0.1, 0.15) is 0 Å². The minimum absolute atomic E-state index is 0.268. The second kappa shape index (κ2) is 6.30. The average molecular weight is 358 g/mol. The van der Waals surface area contributed by atoms with Crippen molar-refractivity contribution in [2.24, 2.45) is 0 Å². The lowest BCUT2D eigenvalue weighted by molar-refractivity contribution is 0.0938. The van der Waals surface area contributed by atoms with Gasteiger partial charge in [-0.05, 0) is 36.8 Å². The molecular formula is C15H11BrF3NO. The van der Waals surface area contributed by atoms with Crippen LogP contribution in [0.5, 0.6) is 0 Å². The van der Waals surface area contributed by atoms with Gasteiger partial charge in [0.25, 0.3) is 5.91 Å². The zero-order valence-electron chi connectivity index (χ0n) is 11.0. The smallest absolute Gasteiger partial charge is 0.251 e. The fraction of sp³-hybridized carbons (Fsp3) is 0.133. The SMILES string of the molecule is C[C@@H](NC(=O)c1cc(F)c(F)c(F)c1)c1ccc(Br)cc1. The molecule has 0 aliphatic heterocycles. The molecule has 0 radical (unpaired) electrons. The van der Waals surface area contributed by atoms with E-state index in [0.717, 1.165) is 10.0 Å². The van der Waals surface area contributed by atoms with Crippen LogP contribution in [0, 0.1) is 17.5 Å². The Bertz CT molecular complexity index is 650. The molecule has 1 atom stereocenters. The van der Waals surface area contributed by atoms with E-state index in [4.69, 9.17) is 0 Å². The Morgan fingerprint density at radius 3 is 2.14 bits per heavy atom. The fourth-order valence-electron chi connectivity index (χ4n) is 1.80. The van der Waals surface area contributed by atoms with Crippen molar-refractivity contribution in [3.8, 4) is 0 Å². The quantitative estimate of drug-likeness (QED) is 0.812. The monoisotopic (exact) mass is 357 g/mol. The van der Waals surface area contributed by atoms with Gasteiger partial charge in [-0.1, -0.05) is 28.1 Å². The molecule has 1 amide bonds. The second-order valence-electron chi connectivity index (χ2n) is 4.50. The predicted molar refractivity (Wildman–Crippen MR) is 76.3 cm³/mol. The topological polar surface area (TPSA) is 29.1 Å². The van der Waals surface area contributed by atoms with Gasteiger partial charge in [0, 0.05) is 10.0 Å². The summed E-state index contributed by atoms with van der Waals surface area (Å²) in [5.41, 5.74) is 0.560. The Morgan fingerprint density at radius 2 is 1.62 bits per heavy atom. The van der Waals surface area contributed by atoms with E-state index in [9.17, 15) is 18.0 Å². The van der Waals surface area contributed by atoms with E-state index < -0.39 is 23.4 Å². The van der Waals surface area contributed by atoms with Crippen LogP contribution in [0.3, 0.4) is 0 Å². The van der Waals surface area contributed by atoms with Gasteiger partial charge in [0.15, 0.2) is 17.5 Å². The Balaban J connectivity index is 2.16. The van der Waals surface area contributed by atoms with Crippen molar-refractivity contribution in [3.63, 3.8) is 0 Å². The molecule has 0 aromatic heterocycles. The molecular weight excluding hydrogens is 347 g/mol. The third-order valence-electron chi connectivity index (χ3n) is 2.96. The van der Waals surface area contributed by atoms with E-state index in [-0.39, 0.29) is 11.6 Å². The molecule has 0 saturated carbocycles. The fourth-order valence-corrected chi connectivity index (χ4v) is 2.07. The van der Waals surface area contributed by atoms with Crippen molar-refractivity contribution in [1.29, 1.82) is 0 Å². The molecule has 2 nitrogen and oxygen atoms in total. The van der Waals surface area contributed by atoms with Crippen molar-refractivity contribution >= 4 is 21.8 Å². The number of amides is 1. The van der Waals surface area contributed by atoms with Gasteiger partial charge in [-0.15, -0.1) is 0 Å². The summed E-state index contributed by atoms with van der Waals surface area (Å²) in [6.07, 6.45) is 0. The van der Waals surface area contributed by atoms with E-state index >= 15 is 0 Å². The standard InChI is InChI=1S/C15H11BrF3NO/c1-8(9-2-4-11(16)5-3-9)20-15(21)10-6-12(17)14(19)13(18)7-10/h2-8H,1H3,(H,20,21)/t8-/m1/s1. The maximum Gasteiger partial charge on any atom is 0.251 e. The molecule has 0 bridgehead atoms. The molecule has 0 saturated heterocycles. The highest BCUT2D eigenvalue weighted by atomic mass is 79.9. The molecule has 21 heavy (non-hydrogen) atoms. The van der Waals surface area contributed by atoms with Crippen LogP contribution in [-0.4, -0.2) is 5.91 Å². The number of carbonyl (C=O) groups is 1. The normalized spacial score (nSPS) is 12.0. The van der Waals surface area contributed by atoms with E-state index in [1.54, 1.807) is 19.1 Å². The number of rotatable bonds is 3. The largest absolute Gasteiger partial charge is 0.346 e. The lowest BCUT2D eigenvalue weighted by Crippen LogP contribution is -2.27. The van der Waals surface area contributed by atoms with Gasteiger partial charge in [0.2, 0.25) is 0 Å². The zero-order chi connectivity index (χ0) is 15.6. The third-order valence-corrected chi connectivity index (χ3v) is 3.49. The highest BCUT2D eigenvalue weighted by Crippen LogP contribution is 2.18. The molecule has 0 unspecified atom stereocenters. The van der Waals surface area contributed by atoms with E-state index in [2.05, 4.69) is 21.2 Å². The van der Waals surface area contributed by atoms with Crippen LogP contribution in [0.4, 0.5) is 13.2 Å². The Morgan fingerprint density at radius 1 is 1.10 bits per heavy atom. The lowest BCUT2D eigenvalue weighted by atomic mass is 10.1. The number of halogens is 4. The summed E-state index contributed by atoms with van der Waals surface area (Å²) in [7, 11) is 0. The number of carbonyl (C=O) groups excluding carboxylic acids is 1. The molecule has 6 heteroatoms. The van der Waals surface area contributed by atoms with Crippen molar-refractivity contribution < 1.29 is 18.0 Å². The van der Waals surface area contributed by atoms with E-state index in [1.807, 2.05) is 12.1 Å². The lowest BCUT2D eigenvalue weighted by Gasteiger charge is -2.14. The van der Waals surface area contributed by atoms with Crippen LogP contribution >= 0.6 is 15.9 Å². The van der Waals surface area contributed by atoms with Gasteiger partial charge in [0.05, 0.1) is 6.04 Å². The molecule has 0 aliphatic rings. The van der Waals surface area contributed by atoms with Gasteiger partial charge < -0.3 is 5.32 Å². The number of nitrogens with one attached hydrogen (secondary N) is 1. The molecule has 0 aliphatic carbocycles. The van der Waals surface area contributed by atoms with Gasteiger partial charge in [-0.25, -0.2) is 13.2 Å². The summed E-state index contributed by atoms with van der Waals surface area (Å²) in [4.78, 5) is 11.9. The highest BCUT2D eigenvalue weighted by molar-refractivity contribution is 9.10. The van der Waals surface area contributed by atoms with Crippen molar-refractivity contribution in [3.05, 3.63) is 69.4 Å². The summed E-state index contributed by atoms with van der Waals surface area (Å²) >= 11 is 3.30. The second-order valence-corrected chi connectivity index (χ2v) is 5.42. The first-order valence-corrected chi connectivity index (χ1v) is 6.88. The molecule has 1 N–H and O–H groups in total. The van der Waals surface area contributed by atoms with Crippen LogP contribution in [-0.2, 0) is 0 Å². The number of hydrogen-bond donors (Lipinski definition) is 1. The number of benzene rings is 2. The number of hydrogen-bond acceptors (Lipinski definition) is 1. The zero-order valence-corrected chi connectivity index (χ0v) is 12.5. The minimum atomic E-state index is -1.59. The maximum atomic E-state index is 13.1. The Labute approximate surface area is 128 Å². The molecule has 0 fully saturated rings. The first-order chi connectivity index (χ1) is 9.88. The van der Waals surface area contributed by atoms with Gasteiger partial charge >= 0.3 is 0 Å². The van der Waals surface area contributed by atoms with Crippen LogP contribution in [0.1, 0.15) is 28.9 Å². The molecule has 0 heterocycles. The van der Waals surface area contributed by atoms with Crippen molar-refractivity contribution in [2.45, 2.75) is 13.0 Å². The summed E-state index contributed by atoms with van der Waals surface area (Å²) in [5, 5.41) is 2.60. The minimum Gasteiger partial charge on any atom is -0.346 e. The van der Waals surface area contributed by atoms with Crippen molar-refractivity contribution in [2.75, 3.05) is 0 Å². The summed E-state index contributed by atoms with van der Waals surface area (Å²) < 4.78 is 40.0. The third kappa shape index (κ3) is 3.64. The summed E-state index contributed by atoms with van der Waals surface area (Å²) in [5.74, 6) is -5.05. The van der Waals surface area contributed by atoms with Crippen LogP contribution < -0.4 is 5.32 Å².